The molecule has 0 radical (unpaired) electrons. The average molecular weight is 297 g/mol. The zero-order chi connectivity index (χ0) is 15.9. The molecule has 0 heterocycles. The first kappa shape index (κ1) is 15.9. The Kier molecular flexibility index (Phi) is 5.42. The van der Waals surface area contributed by atoms with E-state index in [4.69, 9.17) is 5.73 Å². The van der Waals surface area contributed by atoms with E-state index in [1.54, 1.807) is 12.1 Å². The van der Waals surface area contributed by atoms with E-state index in [0.717, 1.165) is 24.2 Å². The molecule has 0 atom stereocenters. The molecule has 0 aliphatic heterocycles. The Hall–Kier alpha value is -2.49. The highest BCUT2D eigenvalue weighted by molar-refractivity contribution is 6.01. The summed E-state index contributed by atoms with van der Waals surface area (Å²) in [6, 6.07) is 13.5. The van der Waals surface area contributed by atoms with Gasteiger partial charge in [0.25, 0.3) is 5.91 Å². The normalized spacial score (nSPS) is 10.3. The van der Waals surface area contributed by atoms with Crippen molar-refractivity contribution >= 4 is 23.0 Å². The Morgan fingerprint density at radius 1 is 1.09 bits per heavy atom. The van der Waals surface area contributed by atoms with E-state index in [1.807, 2.05) is 31.2 Å². The number of para-hydroxylation sites is 1. The number of nitrogens with one attached hydrogen (secondary N) is 2. The summed E-state index contributed by atoms with van der Waals surface area (Å²) in [7, 11) is 0. The average Bonchev–Trinajstić information content (AvgIpc) is 2.54. The lowest BCUT2D eigenvalue weighted by molar-refractivity contribution is 0.0954. The SMILES string of the molecule is CCCNC(=O)c1cc(N)ccc1Nc1ccccc1CC. The molecule has 4 heteroatoms. The molecule has 1 amide bonds. The van der Waals surface area contributed by atoms with Crippen molar-refractivity contribution < 1.29 is 4.79 Å². The van der Waals surface area contributed by atoms with Crippen LogP contribution >= 0.6 is 0 Å². The van der Waals surface area contributed by atoms with Crippen molar-refractivity contribution in [3.05, 3.63) is 53.6 Å². The fraction of sp³-hybridized carbons (Fsp3) is 0.278. The van der Waals surface area contributed by atoms with Crippen molar-refractivity contribution in [3.8, 4) is 0 Å². The Morgan fingerprint density at radius 3 is 2.59 bits per heavy atom. The largest absolute Gasteiger partial charge is 0.399 e. The van der Waals surface area contributed by atoms with Gasteiger partial charge in [-0.05, 0) is 42.7 Å². The lowest BCUT2D eigenvalue weighted by Gasteiger charge is -2.15. The molecule has 0 unspecified atom stereocenters. The van der Waals surface area contributed by atoms with Gasteiger partial charge in [-0.15, -0.1) is 0 Å². The summed E-state index contributed by atoms with van der Waals surface area (Å²) >= 11 is 0. The minimum atomic E-state index is -0.106. The standard InChI is InChI=1S/C18H23N3O/c1-3-11-20-18(22)15-12-14(19)9-10-17(15)21-16-8-6-5-7-13(16)4-2/h5-10,12,21H,3-4,11,19H2,1-2H3,(H,20,22). The van der Waals surface area contributed by atoms with Crippen molar-refractivity contribution in [1.29, 1.82) is 0 Å². The maximum atomic E-state index is 12.3. The Bertz CT molecular complexity index is 653. The van der Waals surface area contributed by atoms with E-state index in [1.165, 1.54) is 5.56 Å². The van der Waals surface area contributed by atoms with Crippen LogP contribution in [-0.4, -0.2) is 12.5 Å². The number of amides is 1. The van der Waals surface area contributed by atoms with E-state index < -0.39 is 0 Å². The lowest BCUT2D eigenvalue weighted by Crippen LogP contribution is -2.25. The van der Waals surface area contributed by atoms with Crippen molar-refractivity contribution in [2.24, 2.45) is 0 Å². The first-order valence-electron chi connectivity index (χ1n) is 7.68. The van der Waals surface area contributed by atoms with Gasteiger partial charge in [0, 0.05) is 17.9 Å². The van der Waals surface area contributed by atoms with E-state index >= 15 is 0 Å². The second kappa shape index (κ2) is 7.50. The number of nitrogens with two attached hydrogens (primary N) is 1. The minimum Gasteiger partial charge on any atom is -0.399 e. The van der Waals surface area contributed by atoms with Crippen LogP contribution in [0.25, 0.3) is 0 Å². The Balaban J connectivity index is 2.32. The van der Waals surface area contributed by atoms with Gasteiger partial charge in [-0.2, -0.15) is 0 Å². The third-order valence-corrected chi connectivity index (χ3v) is 3.49. The minimum absolute atomic E-state index is 0.106. The van der Waals surface area contributed by atoms with Gasteiger partial charge in [0.15, 0.2) is 0 Å². The Labute approximate surface area is 131 Å². The summed E-state index contributed by atoms with van der Waals surface area (Å²) in [5, 5.41) is 6.26. The Morgan fingerprint density at radius 2 is 1.86 bits per heavy atom. The number of aryl methyl sites for hydroxylation is 1. The third-order valence-electron chi connectivity index (χ3n) is 3.49. The number of benzene rings is 2. The molecule has 0 aliphatic rings. The predicted octanol–water partition coefficient (Wildman–Crippen LogP) is 3.71. The highest BCUT2D eigenvalue weighted by Crippen LogP contribution is 2.25. The van der Waals surface area contributed by atoms with Crippen LogP contribution in [0.2, 0.25) is 0 Å². The van der Waals surface area contributed by atoms with Crippen LogP contribution in [0.5, 0.6) is 0 Å². The molecular formula is C18H23N3O. The van der Waals surface area contributed by atoms with E-state index in [9.17, 15) is 4.79 Å². The maximum Gasteiger partial charge on any atom is 0.253 e. The summed E-state index contributed by atoms with van der Waals surface area (Å²) < 4.78 is 0. The molecule has 4 nitrogen and oxygen atoms in total. The fourth-order valence-corrected chi connectivity index (χ4v) is 2.29. The van der Waals surface area contributed by atoms with E-state index in [2.05, 4.69) is 23.6 Å². The highest BCUT2D eigenvalue weighted by atomic mass is 16.1. The summed E-state index contributed by atoms with van der Waals surface area (Å²) in [6.07, 6.45) is 1.82. The molecule has 0 saturated carbocycles. The number of hydrogen-bond acceptors (Lipinski definition) is 3. The zero-order valence-electron chi connectivity index (χ0n) is 13.1. The summed E-state index contributed by atoms with van der Waals surface area (Å²) in [5.74, 6) is -0.106. The lowest BCUT2D eigenvalue weighted by atomic mass is 10.1. The second-order valence-corrected chi connectivity index (χ2v) is 5.20. The second-order valence-electron chi connectivity index (χ2n) is 5.20. The molecule has 2 aromatic rings. The highest BCUT2D eigenvalue weighted by Gasteiger charge is 2.12. The molecule has 0 spiro atoms. The van der Waals surface area contributed by atoms with Gasteiger partial charge in [0.1, 0.15) is 0 Å². The molecule has 2 aromatic carbocycles. The summed E-state index contributed by atoms with van der Waals surface area (Å²) in [4.78, 5) is 12.3. The molecule has 0 aliphatic carbocycles. The molecular weight excluding hydrogens is 274 g/mol. The zero-order valence-corrected chi connectivity index (χ0v) is 13.1. The van der Waals surface area contributed by atoms with Gasteiger partial charge in [0.2, 0.25) is 0 Å². The van der Waals surface area contributed by atoms with Gasteiger partial charge in [0.05, 0.1) is 11.3 Å². The molecule has 0 aromatic heterocycles. The van der Waals surface area contributed by atoms with Gasteiger partial charge in [-0.1, -0.05) is 32.0 Å². The number of carbonyl (C=O) groups excluding carboxylic acids is 1. The first-order chi connectivity index (χ1) is 10.7. The molecule has 2 rings (SSSR count). The smallest absolute Gasteiger partial charge is 0.253 e. The third kappa shape index (κ3) is 3.79. The molecule has 0 saturated heterocycles. The van der Waals surface area contributed by atoms with Gasteiger partial charge < -0.3 is 16.4 Å². The number of carbonyl (C=O) groups is 1. The van der Waals surface area contributed by atoms with E-state index in [-0.39, 0.29) is 5.91 Å². The summed E-state index contributed by atoms with van der Waals surface area (Å²) in [6.45, 7) is 4.78. The first-order valence-corrected chi connectivity index (χ1v) is 7.68. The quantitative estimate of drug-likeness (QED) is 0.712. The van der Waals surface area contributed by atoms with Crippen molar-refractivity contribution in [3.63, 3.8) is 0 Å². The number of nitrogen functional groups attached to an aromatic ring is 1. The van der Waals surface area contributed by atoms with Gasteiger partial charge >= 0.3 is 0 Å². The molecule has 4 N–H and O–H groups in total. The van der Waals surface area contributed by atoms with Crippen molar-refractivity contribution in [2.75, 3.05) is 17.6 Å². The molecule has 0 fully saturated rings. The fourth-order valence-electron chi connectivity index (χ4n) is 2.29. The van der Waals surface area contributed by atoms with E-state index in [0.29, 0.717) is 17.8 Å². The number of anilines is 3. The number of rotatable bonds is 6. The van der Waals surface area contributed by atoms with Crippen LogP contribution in [0, 0.1) is 0 Å². The maximum absolute atomic E-state index is 12.3. The molecule has 0 bridgehead atoms. The van der Waals surface area contributed by atoms with Crippen molar-refractivity contribution in [1.82, 2.24) is 5.32 Å². The van der Waals surface area contributed by atoms with Crippen LogP contribution in [0.15, 0.2) is 42.5 Å². The van der Waals surface area contributed by atoms with Gasteiger partial charge in [-0.3, -0.25) is 4.79 Å². The monoisotopic (exact) mass is 297 g/mol. The van der Waals surface area contributed by atoms with Crippen LogP contribution in [0.4, 0.5) is 17.1 Å². The summed E-state index contributed by atoms with van der Waals surface area (Å²) in [5.41, 5.74) is 9.97. The van der Waals surface area contributed by atoms with Crippen LogP contribution in [0.3, 0.4) is 0 Å². The van der Waals surface area contributed by atoms with Crippen LogP contribution < -0.4 is 16.4 Å². The van der Waals surface area contributed by atoms with Crippen LogP contribution in [0.1, 0.15) is 36.2 Å². The van der Waals surface area contributed by atoms with Crippen LogP contribution in [-0.2, 0) is 6.42 Å². The predicted molar refractivity (Wildman–Crippen MR) is 92.6 cm³/mol. The number of hydrogen-bond donors (Lipinski definition) is 3. The topological polar surface area (TPSA) is 67.2 Å². The van der Waals surface area contributed by atoms with Crippen molar-refractivity contribution in [2.45, 2.75) is 26.7 Å². The molecule has 22 heavy (non-hydrogen) atoms. The molecule has 116 valence electrons. The van der Waals surface area contributed by atoms with Gasteiger partial charge in [-0.25, -0.2) is 0 Å².